The lowest BCUT2D eigenvalue weighted by atomic mass is 10.1. The van der Waals surface area contributed by atoms with Gasteiger partial charge in [-0.15, -0.1) is 11.3 Å². The number of amides is 1. The van der Waals surface area contributed by atoms with Crippen LogP contribution in [0.4, 0.5) is 13.2 Å². The van der Waals surface area contributed by atoms with E-state index in [0.29, 0.717) is 6.54 Å². The molecule has 2 aromatic rings. The monoisotopic (exact) mass is 356 g/mol. The van der Waals surface area contributed by atoms with Crippen LogP contribution in [0.5, 0.6) is 0 Å². The molecular weight excluding hydrogens is 337 g/mol. The third-order valence-corrected chi connectivity index (χ3v) is 4.43. The summed E-state index contributed by atoms with van der Waals surface area (Å²) in [5.74, 6) is -0.129. The molecule has 0 radical (unpaired) electrons. The number of likely N-dealkylation sites (N-methyl/N-ethyl adjacent to an activating group) is 2. The molecule has 0 aliphatic carbocycles. The first-order valence-corrected chi connectivity index (χ1v) is 8.25. The average molecular weight is 356 g/mol. The summed E-state index contributed by atoms with van der Waals surface area (Å²) in [5.41, 5.74) is -0.488. The van der Waals surface area contributed by atoms with E-state index < -0.39 is 11.7 Å². The van der Waals surface area contributed by atoms with Crippen molar-refractivity contribution in [3.05, 3.63) is 57.8 Å². The van der Waals surface area contributed by atoms with Gasteiger partial charge in [0.25, 0.3) is 0 Å². The smallest absolute Gasteiger partial charge is 0.340 e. The second-order valence-corrected chi connectivity index (χ2v) is 6.69. The van der Waals surface area contributed by atoms with Crippen molar-refractivity contribution in [2.45, 2.75) is 19.3 Å². The summed E-state index contributed by atoms with van der Waals surface area (Å²) in [4.78, 5) is 16.5. The number of hydrogen-bond donors (Lipinski definition) is 0. The lowest BCUT2D eigenvalue weighted by molar-refractivity contribution is -0.138. The van der Waals surface area contributed by atoms with Crippen LogP contribution < -0.4 is 0 Å². The Bertz CT molecular complexity index is 671. The van der Waals surface area contributed by atoms with Crippen molar-refractivity contribution in [3.8, 4) is 0 Å². The summed E-state index contributed by atoms with van der Waals surface area (Å²) >= 11 is 1.56. The first-order valence-electron chi connectivity index (χ1n) is 7.37. The highest BCUT2D eigenvalue weighted by atomic mass is 32.1. The summed E-state index contributed by atoms with van der Waals surface area (Å²) in [7, 11) is 3.34. The number of rotatable bonds is 6. The van der Waals surface area contributed by atoms with Gasteiger partial charge in [0, 0.05) is 18.5 Å². The predicted molar refractivity (Wildman–Crippen MR) is 88.6 cm³/mol. The van der Waals surface area contributed by atoms with Gasteiger partial charge in [-0.25, -0.2) is 0 Å². The highest BCUT2D eigenvalue weighted by molar-refractivity contribution is 7.09. The standard InChI is InChI=1S/C17H19F3N2OS/c1-21(10-13-6-3-4-8-15(13)17(18,19)20)12-16(23)22(2)11-14-7-5-9-24-14/h3-9H,10-12H2,1-2H3. The third-order valence-electron chi connectivity index (χ3n) is 3.57. The van der Waals surface area contributed by atoms with Crippen molar-refractivity contribution in [1.82, 2.24) is 9.80 Å². The Morgan fingerprint density at radius 3 is 2.42 bits per heavy atom. The highest BCUT2D eigenvalue weighted by Gasteiger charge is 2.33. The van der Waals surface area contributed by atoms with E-state index in [0.717, 1.165) is 10.9 Å². The van der Waals surface area contributed by atoms with E-state index in [1.54, 1.807) is 41.3 Å². The molecule has 130 valence electrons. The van der Waals surface area contributed by atoms with Gasteiger partial charge in [0.15, 0.2) is 0 Å². The van der Waals surface area contributed by atoms with Crippen molar-refractivity contribution >= 4 is 17.2 Å². The third kappa shape index (κ3) is 5.07. The SMILES string of the molecule is CN(CC(=O)N(C)Cc1cccs1)Cc1ccccc1C(F)(F)F. The normalized spacial score (nSPS) is 11.8. The number of carbonyl (C=O) groups excluding carboxylic acids is 1. The summed E-state index contributed by atoms with van der Waals surface area (Å²) in [6.45, 7) is 0.631. The van der Waals surface area contributed by atoms with Gasteiger partial charge in [-0.3, -0.25) is 9.69 Å². The fraction of sp³-hybridized carbons (Fsp3) is 0.353. The number of halogens is 3. The van der Waals surface area contributed by atoms with Crippen molar-refractivity contribution < 1.29 is 18.0 Å². The Balaban J connectivity index is 1.96. The van der Waals surface area contributed by atoms with Crippen molar-refractivity contribution in [2.75, 3.05) is 20.6 Å². The Labute approximate surface area is 143 Å². The molecule has 0 unspecified atom stereocenters. The summed E-state index contributed by atoms with van der Waals surface area (Å²) < 4.78 is 39.0. The lowest BCUT2D eigenvalue weighted by Gasteiger charge is -2.23. The van der Waals surface area contributed by atoms with E-state index in [2.05, 4.69) is 0 Å². The maximum Gasteiger partial charge on any atom is 0.416 e. The molecule has 0 N–H and O–H groups in total. The lowest BCUT2D eigenvalue weighted by Crippen LogP contribution is -2.36. The molecule has 0 aliphatic heterocycles. The van der Waals surface area contributed by atoms with E-state index >= 15 is 0 Å². The fourth-order valence-electron chi connectivity index (χ4n) is 2.36. The Kier molecular flexibility index (Phi) is 6.01. The molecule has 0 bridgehead atoms. The number of benzene rings is 1. The number of hydrogen-bond acceptors (Lipinski definition) is 3. The van der Waals surface area contributed by atoms with Crippen LogP contribution in [-0.2, 0) is 24.1 Å². The van der Waals surface area contributed by atoms with Gasteiger partial charge in [-0.05, 0) is 30.1 Å². The van der Waals surface area contributed by atoms with Gasteiger partial charge in [-0.1, -0.05) is 24.3 Å². The average Bonchev–Trinajstić information content (AvgIpc) is 2.99. The quantitative estimate of drug-likeness (QED) is 0.785. The van der Waals surface area contributed by atoms with E-state index in [9.17, 15) is 18.0 Å². The number of alkyl halides is 3. The molecule has 0 saturated carbocycles. The molecular formula is C17H19F3N2OS. The minimum atomic E-state index is -4.39. The molecule has 0 fully saturated rings. The first-order chi connectivity index (χ1) is 11.3. The molecule has 0 atom stereocenters. The molecule has 0 spiro atoms. The zero-order valence-corrected chi connectivity index (χ0v) is 14.3. The summed E-state index contributed by atoms with van der Waals surface area (Å²) in [6, 6.07) is 9.30. The molecule has 0 saturated heterocycles. The molecule has 1 heterocycles. The van der Waals surface area contributed by atoms with Crippen LogP contribution in [0.25, 0.3) is 0 Å². The van der Waals surface area contributed by atoms with Gasteiger partial charge in [0.1, 0.15) is 0 Å². The van der Waals surface area contributed by atoms with E-state index in [1.165, 1.54) is 12.1 Å². The fourth-order valence-corrected chi connectivity index (χ4v) is 3.11. The maximum atomic E-state index is 13.0. The van der Waals surface area contributed by atoms with E-state index in [-0.39, 0.29) is 24.6 Å². The van der Waals surface area contributed by atoms with Crippen LogP contribution in [0.2, 0.25) is 0 Å². The zero-order chi connectivity index (χ0) is 17.7. The number of carbonyl (C=O) groups is 1. The number of nitrogens with zero attached hydrogens (tertiary/aromatic N) is 2. The van der Waals surface area contributed by atoms with E-state index in [4.69, 9.17) is 0 Å². The Hall–Kier alpha value is -1.86. The van der Waals surface area contributed by atoms with Gasteiger partial charge in [-0.2, -0.15) is 13.2 Å². The van der Waals surface area contributed by atoms with Gasteiger partial charge < -0.3 is 4.90 Å². The van der Waals surface area contributed by atoms with Crippen molar-refractivity contribution in [1.29, 1.82) is 0 Å². The van der Waals surface area contributed by atoms with E-state index in [1.807, 2.05) is 17.5 Å². The molecule has 7 heteroatoms. The largest absolute Gasteiger partial charge is 0.416 e. The molecule has 24 heavy (non-hydrogen) atoms. The topological polar surface area (TPSA) is 23.6 Å². The van der Waals surface area contributed by atoms with Crippen LogP contribution in [0.15, 0.2) is 41.8 Å². The van der Waals surface area contributed by atoms with Crippen LogP contribution in [0.1, 0.15) is 16.0 Å². The van der Waals surface area contributed by atoms with Gasteiger partial charge in [0.05, 0.1) is 18.7 Å². The predicted octanol–water partition coefficient (Wildman–Crippen LogP) is 3.86. The van der Waals surface area contributed by atoms with Crippen LogP contribution >= 0.6 is 11.3 Å². The second-order valence-electron chi connectivity index (χ2n) is 5.66. The van der Waals surface area contributed by atoms with Crippen LogP contribution in [0.3, 0.4) is 0 Å². The molecule has 1 aromatic heterocycles. The number of thiophene rings is 1. The highest BCUT2D eigenvalue weighted by Crippen LogP contribution is 2.32. The summed E-state index contributed by atoms with van der Waals surface area (Å²) in [6.07, 6.45) is -4.39. The molecule has 2 rings (SSSR count). The minimum absolute atomic E-state index is 0.0636. The van der Waals surface area contributed by atoms with Gasteiger partial charge >= 0.3 is 6.18 Å². The van der Waals surface area contributed by atoms with Crippen molar-refractivity contribution in [2.24, 2.45) is 0 Å². The van der Waals surface area contributed by atoms with Crippen LogP contribution in [0, 0.1) is 0 Å². The Morgan fingerprint density at radius 1 is 1.08 bits per heavy atom. The molecule has 3 nitrogen and oxygen atoms in total. The van der Waals surface area contributed by atoms with Gasteiger partial charge in [0.2, 0.25) is 5.91 Å². The second kappa shape index (κ2) is 7.81. The van der Waals surface area contributed by atoms with Crippen LogP contribution in [-0.4, -0.2) is 36.3 Å². The first kappa shape index (κ1) is 18.5. The van der Waals surface area contributed by atoms with Crippen molar-refractivity contribution in [3.63, 3.8) is 0 Å². The zero-order valence-electron chi connectivity index (χ0n) is 13.5. The maximum absolute atomic E-state index is 13.0. The molecule has 0 aliphatic rings. The molecule has 1 aromatic carbocycles. The summed E-state index contributed by atoms with van der Waals surface area (Å²) in [5, 5.41) is 1.94. The molecule has 1 amide bonds. The Morgan fingerprint density at radius 2 is 1.79 bits per heavy atom. The minimum Gasteiger partial charge on any atom is -0.340 e.